The van der Waals surface area contributed by atoms with E-state index in [2.05, 4.69) is 4.98 Å². The van der Waals surface area contributed by atoms with Gasteiger partial charge in [-0.25, -0.2) is 0 Å². The summed E-state index contributed by atoms with van der Waals surface area (Å²) < 4.78 is 0. The van der Waals surface area contributed by atoms with Crippen molar-refractivity contribution in [3.8, 4) is 0 Å². The van der Waals surface area contributed by atoms with Gasteiger partial charge < -0.3 is 15.0 Å². The first-order valence-corrected chi connectivity index (χ1v) is 3.16. The Kier molecular flexibility index (Phi) is 2.12. The maximum Gasteiger partial charge on any atom is 0.505 e. The maximum absolute atomic E-state index is 10.7. The van der Waals surface area contributed by atoms with Crippen LogP contribution in [0.1, 0.15) is 5.56 Å². The number of pyridine rings is 1. The van der Waals surface area contributed by atoms with E-state index in [1.54, 1.807) is 6.92 Å². The fraction of sp³-hybridized carbons (Fsp3) is 0.167. The zero-order valence-electron chi connectivity index (χ0n) is 6.03. The molecule has 1 aromatic heterocycles. The first kappa shape index (κ1) is 8.04. The summed E-state index contributed by atoms with van der Waals surface area (Å²) in [6, 6.07) is 2.89. The SMILES string of the molecule is Cc1cc(B(O)O)[nH]c(=O)c1. The van der Waals surface area contributed by atoms with E-state index in [0.29, 0.717) is 5.56 Å². The third kappa shape index (κ3) is 1.93. The van der Waals surface area contributed by atoms with Crippen LogP contribution in [0, 0.1) is 6.92 Å². The molecule has 0 saturated carbocycles. The molecule has 58 valence electrons. The predicted molar refractivity (Wildman–Crippen MR) is 41.6 cm³/mol. The summed E-state index contributed by atoms with van der Waals surface area (Å²) >= 11 is 0. The number of hydrogen-bond acceptors (Lipinski definition) is 3. The molecule has 0 fully saturated rings. The van der Waals surface area contributed by atoms with Gasteiger partial charge in [0.2, 0.25) is 5.56 Å². The number of hydrogen-bond donors (Lipinski definition) is 3. The number of aromatic amines is 1. The lowest BCUT2D eigenvalue weighted by Gasteiger charge is -1.98. The fourth-order valence-electron chi connectivity index (χ4n) is 0.847. The van der Waals surface area contributed by atoms with E-state index in [1.165, 1.54) is 12.1 Å². The number of aryl methyl sites for hydroxylation is 1. The van der Waals surface area contributed by atoms with Crippen LogP contribution in [0.25, 0.3) is 0 Å². The van der Waals surface area contributed by atoms with Crippen LogP contribution in [-0.4, -0.2) is 22.2 Å². The molecule has 1 aromatic rings. The Balaban J connectivity index is 3.19. The van der Waals surface area contributed by atoms with Gasteiger partial charge in [0.15, 0.2) is 0 Å². The molecule has 1 rings (SSSR count). The third-order valence-electron chi connectivity index (χ3n) is 1.29. The van der Waals surface area contributed by atoms with Gasteiger partial charge in [-0.3, -0.25) is 4.79 Å². The lowest BCUT2D eigenvalue weighted by molar-refractivity contribution is 0.424. The Labute approximate surface area is 63.7 Å². The molecule has 0 unspecified atom stereocenters. The highest BCUT2D eigenvalue weighted by molar-refractivity contribution is 6.57. The van der Waals surface area contributed by atoms with Crippen LogP contribution in [0.3, 0.4) is 0 Å². The second-order valence-corrected chi connectivity index (χ2v) is 2.35. The zero-order chi connectivity index (χ0) is 8.43. The van der Waals surface area contributed by atoms with Crippen LogP contribution in [0.2, 0.25) is 0 Å². The summed E-state index contributed by atoms with van der Waals surface area (Å²) in [5.74, 6) is 0. The van der Waals surface area contributed by atoms with Crippen molar-refractivity contribution in [3.05, 3.63) is 28.0 Å². The topological polar surface area (TPSA) is 73.3 Å². The molecule has 0 spiro atoms. The molecule has 0 bridgehead atoms. The van der Waals surface area contributed by atoms with Crippen molar-refractivity contribution in [2.24, 2.45) is 0 Å². The molecule has 11 heavy (non-hydrogen) atoms. The summed E-state index contributed by atoms with van der Waals surface area (Å²) in [7, 11) is -1.61. The lowest BCUT2D eigenvalue weighted by Crippen LogP contribution is -2.36. The molecule has 0 atom stereocenters. The third-order valence-corrected chi connectivity index (χ3v) is 1.29. The van der Waals surface area contributed by atoms with Gasteiger partial charge in [0.05, 0.1) is 0 Å². The van der Waals surface area contributed by atoms with Gasteiger partial charge in [-0.05, 0) is 18.6 Å². The molecule has 0 aliphatic rings. The van der Waals surface area contributed by atoms with E-state index in [-0.39, 0.29) is 11.2 Å². The Morgan fingerprint density at radius 1 is 1.45 bits per heavy atom. The Morgan fingerprint density at radius 2 is 2.09 bits per heavy atom. The fourth-order valence-corrected chi connectivity index (χ4v) is 0.847. The average Bonchev–Trinajstić information content (AvgIpc) is 1.85. The van der Waals surface area contributed by atoms with Crippen LogP contribution >= 0.6 is 0 Å². The highest BCUT2D eigenvalue weighted by Crippen LogP contribution is 1.85. The van der Waals surface area contributed by atoms with E-state index in [4.69, 9.17) is 10.0 Å². The van der Waals surface area contributed by atoms with E-state index < -0.39 is 7.12 Å². The minimum Gasteiger partial charge on any atom is -0.422 e. The first-order chi connectivity index (χ1) is 5.09. The highest BCUT2D eigenvalue weighted by atomic mass is 16.4. The van der Waals surface area contributed by atoms with Gasteiger partial charge in [0, 0.05) is 11.7 Å². The lowest BCUT2D eigenvalue weighted by atomic mass is 9.85. The van der Waals surface area contributed by atoms with E-state index in [0.717, 1.165) is 0 Å². The molecule has 0 aliphatic carbocycles. The normalized spacial score (nSPS) is 9.73. The largest absolute Gasteiger partial charge is 0.505 e. The summed E-state index contributed by atoms with van der Waals surface area (Å²) in [6.45, 7) is 1.71. The van der Waals surface area contributed by atoms with Crippen molar-refractivity contribution in [1.29, 1.82) is 0 Å². The minimum absolute atomic E-state index is 0.120. The van der Waals surface area contributed by atoms with Gasteiger partial charge in [0.25, 0.3) is 0 Å². The first-order valence-electron chi connectivity index (χ1n) is 3.16. The molecule has 4 nitrogen and oxygen atoms in total. The van der Waals surface area contributed by atoms with Gasteiger partial charge in [-0.15, -0.1) is 0 Å². The van der Waals surface area contributed by atoms with Crippen molar-refractivity contribution < 1.29 is 10.0 Å². The van der Waals surface area contributed by atoms with Crippen LogP contribution in [0.15, 0.2) is 16.9 Å². The Morgan fingerprint density at radius 3 is 2.55 bits per heavy atom. The van der Waals surface area contributed by atoms with Crippen LogP contribution in [0.5, 0.6) is 0 Å². The average molecular weight is 153 g/mol. The summed E-state index contributed by atoms with van der Waals surface area (Å²) in [4.78, 5) is 13.0. The van der Waals surface area contributed by atoms with E-state index in [9.17, 15) is 4.79 Å². The monoisotopic (exact) mass is 153 g/mol. The van der Waals surface area contributed by atoms with Crippen molar-refractivity contribution in [1.82, 2.24) is 4.98 Å². The molecular formula is C6H8BNO3. The second kappa shape index (κ2) is 2.90. The second-order valence-electron chi connectivity index (χ2n) is 2.35. The van der Waals surface area contributed by atoms with Gasteiger partial charge in [-0.2, -0.15) is 0 Å². The molecule has 5 heteroatoms. The predicted octanol–water partition coefficient (Wildman–Crippen LogP) is -1.64. The Hall–Kier alpha value is -1.07. The van der Waals surface area contributed by atoms with Crippen molar-refractivity contribution in [2.75, 3.05) is 0 Å². The maximum atomic E-state index is 10.7. The van der Waals surface area contributed by atoms with Crippen LogP contribution in [-0.2, 0) is 0 Å². The highest BCUT2D eigenvalue weighted by Gasteiger charge is 2.11. The number of aromatic nitrogens is 1. The van der Waals surface area contributed by atoms with Gasteiger partial charge in [0.1, 0.15) is 0 Å². The Bertz CT molecular complexity index is 307. The standard InChI is InChI=1S/C6H8BNO3/c1-4-2-5(7(10)11)8-6(9)3-4/h2-3,10-11H,1H3,(H,8,9). The molecule has 0 aromatic carbocycles. The summed E-state index contributed by atoms with van der Waals surface area (Å²) in [6.07, 6.45) is 0. The molecule has 1 heterocycles. The molecule has 0 radical (unpaired) electrons. The molecule has 0 aliphatic heterocycles. The summed E-state index contributed by atoms with van der Waals surface area (Å²) in [5.41, 5.74) is 0.500. The van der Waals surface area contributed by atoms with Crippen LogP contribution in [0.4, 0.5) is 0 Å². The zero-order valence-corrected chi connectivity index (χ0v) is 6.03. The van der Waals surface area contributed by atoms with Crippen molar-refractivity contribution in [3.63, 3.8) is 0 Å². The van der Waals surface area contributed by atoms with Gasteiger partial charge in [-0.1, -0.05) is 0 Å². The van der Waals surface area contributed by atoms with Gasteiger partial charge >= 0.3 is 7.12 Å². The number of rotatable bonds is 1. The number of nitrogens with one attached hydrogen (secondary N) is 1. The van der Waals surface area contributed by atoms with E-state index >= 15 is 0 Å². The smallest absolute Gasteiger partial charge is 0.422 e. The van der Waals surface area contributed by atoms with E-state index in [1.807, 2.05) is 0 Å². The molecular weight excluding hydrogens is 145 g/mol. The quantitative estimate of drug-likeness (QED) is 0.423. The molecule has 0 saturated heterocycles. The minimum atomic E-state index is -1.61. The van der Waals surface area contributed by atoms with Crippen LogP contribution < -0.4 is 11.2 Å². The van der Waals surface area contributed by atoms with Crippen molar-refractivity contribution >= 4 is 12.7 Å². The molecule has 3 N–H and O–H groups in total. The molecule has 0 amide bonds. The van der Waals surface area contributed by atoms with Crippen molar-refractivity contribution in [2.45, 2.75) is 6.92 Å². The summed E-state index contributed by atoms with van der Waals surface area (Å²) in [5, 5.41) is 17.3. The number of H-pyrrole nitrogens is 1.